The second-order valence-electron chi connectivity index (χ2n) is 6.44. The van der Waals surface area contributed by atoms with E-state index in [-0.39, 0.29) is 6.10 Å². The third kappa shape index (κ3) is 4.89. The van der Waals surface area contributed by atoms with Crippen molar-refractivity contribution < 1.29 is 14.2 Å². The smallest absolute Gasteiger partial charge is 0.142 e. The molecule has 0 amide bonds. The number of aryl methyl sites for hydroxylation is 2. The molecular weight excluding hydrogens is 314 g/mol. The van der Waals surface area contributed by atoms with E-state index in [1.807, 2.05) is 24.3 Å². The molecule has 1 saturated heterocycles. The second kappa shape index (κ2) is 8.77. The number of nitrogens with one attached hydrogen (secondary N) is 1. The molecule has 1 atom stereocenters. The number of hydrogen-bond donors (Lipinski definition) is 1. The zero-order chi connectivity index (χ0) is 17.5. The fourth-order valence-corrected chi connectivity index (χ4v) is 3.06. The average molecular weight is 341 g/mol. The topological polar surface area (TPSA) is 39.7 Å². The van der Waals surface area contributed by atoms with Gasteiger partial charge < -0.3 is 19.5 Å². The first kappa shape index (κ1) is 17.6. The molecule has 2 aromatic carbocycles. The molecule has 0 aromatic heterocycles. The Morgan fingerprint density at radius 1 is 1.04 bits per heavy atom. The van der Waals surface area contributed by atoms with Gasteiger partial charge in [0.1, 0.15) is 24.7 Å². The van der Waals surface area contributed by atoms with E-state index in [1.165, 1.54) is 11.1 Å². The standard InChI is InChI=1S/C21H27NO3/c1-16-7-5-8-17(2)21(16)24-14-12-22-19-10-3-4-11-20(19)25-15-18-9-6-13-23-18/h3-5,7-8,10-11,18,22H,6,9,12-15H2,1-2H3. The minimum Gasteiger partial charge on any atom is -0.491 e. The van der Waals surface area contributed by atoms with Crippen molar-refractivity contribution >= 4 is 5.69 Å². The van der Waals surface area contributed by atoms with Crippen LogP contribution in [-0.4, -0.2) is 32.5 Å². The predicted octanol–water partition coefficient (Wildman–Crippen LogP) is 4.35. The highest BCUT2D eigenvalue weighted by atomic mass is 16.5. The first-order valence-electron chi connectivity index (χ1n) is 9.00. The molecule has 4 heteroatoms. The molecule has 1 fully saturated rings. The van der Waals surface area contributed by atoms with Crippen molar-refractivity contribution in [1.29, 1.82) is 0 Å². The molecule has 25 heavy (non-hydrogen) atoms. The van der Waals surface area contributed by atoms with Crippen LogP contribution in [-0.2, 0) is 4.74 Å². The summed E-state index contributed by atoms with van der Waals surface area (Å²) in [6, 6.07) is 14.2. The molecule has 2 aromatic rings. The number of rotatable bonds is 8. The third-order valence-corrected chi connectivity index (χ3v) is 4.41. The maximum atomic E-state index is 5.95. The van der Waals surface area contributed by atoms with Crippen molar-refractivity contribution in [3.05, 3.63) is 53.6 Å². The molecule has 1 aliphatic rings. The molecule has 134 valence electrons. The van der Waals surface area contributed by atoms with E-state index < -0.39 is 0 Å². The monoisotopic (exact) mass is 341 g/mol. The van der Waals surface area contributed by atoms with Crippen LogP contribution in [0.1, 0.15) is 24.0 Å². The van der Waals surface area contributed by atoms with Crippen molar-refractivity contribution in [1.82, 2.24) is 0 Å². The molecule has 0 aliphatic carbocycles. The van der Waals surface area contributed by atoms with E-state index in [9.17, 15) is 0 Å². The molecule has 0 saturated carbocycles. The summed E-state index contributed by atoms with van der Waals surface area (Å²) in [6.07, 6.45) is 2.43. The van der Waals surface area contributed by atoms with Gasteiger partial charge in [-0.25, -0.2) is 0 Å². The van der Waals surface area contributed by atoms with E-state index in [1.54, 1.807) is 0 Å². The summed E-state index contributed by atoms with van der Waals surface area (Å²) < 4.78 is 17.5. The second-order valence-corrected chi connectivity index (χ2v) is 6.44. The lowest BCUT2D eigenvalue weighted by molar-refractivity contribution is 0.0682. The molecule has 1 unspecified atom stereocenters. The normalized spacial score (nSPS) is 16.6. The van der Waals surface area contributed by atoms with E-state index in [0.29, 0.717) is 19.8 Å². The lowest BCUT2D eigenvalue weighted by atomic mass is 10.1. The van der Waals surface area contributed by atoms with Crippen LogP contribution in [0.15, 0.2) is 42.5 Å². The van der Waals surface area contributed by atoms with Crippen molar-refractivity contribution in [3.8, 4) is 11.5 Å². The molecule has 1 N–H and O–H groups in total. The number of anilines is 1. The van der Waals surface area contributed by atoms with Crippen LogP contribution in [0.2, 0.25) is 0 Å². The van der Waals surface area contributed by atoms with Gasteiger partial charge in [-0.3, -0.25) is 0 Å². The Hall–Kier alpha value is -2.20. The van der Waals surface area contributed by atoms with Gasteiger partial charge in [0.2, 0.25) is 0 Å². The Morgan fingerprint density at radius 2 is 1.84 bits per heavy atom. The quantitative estimate of drug-likeness (QED) is 0.725. The summed E-state index contributed by atoms with van der Waals surface area (Å²) in [6.45, 7) is 6.93. The van der Waals surface area contributed by atoms with Crippen LogP contribution < -0.4 is 14.8 Å². The van der Waals surface area contributed by atoms with Gasteiger partial charge in [0, 0.05) is 13.2 Å². The van der Waals surface area contributed by atoms with Gasteiger partial charge >= 0.3 is 0 Å². The van der Waals surface area contributed by atoms with Crippen LogP contribution in [0, 0.1) is 13.8 Å². The van der Waals surface area contributed by atoms with E-state index in [0.717, 1.165) is 36.6 Å². The molecule has 1 aliphatic heterocycles. The van der Waals surface area contributed by atoms with Gasteiger partial charge in [0.15, 0.2) is 0 Å². The first-order valence-corrected chi connectivity index (χ1v) is 9.00. The SMILES string of the molecule is Cc1cccc(C)c1OCCNc1ccccc1OCC1CCCO1. The summed E-state index contributed by atoms with van der Waals surface area (Å²) >= 11 is 0. The van der Waals surface area contributed by atoms with Gasteiger partial charge in [0.25, 0.3) is 0 Å². The molecule has 0 bridgehead atoms. The van der Waals surface area contributed by atoms with Crippen LogP contribution in [0.3, 0.4) is 0 Å². The van der Waals surface area contributed by atoms with Crippen LogP contribution in [0.25, 0.3) is 0 Å². The largest absolute Gasteiger partial charge is 0.491 e. The summed E-state index contributed by atoms with van der Waals surface area (Å²) in [5.74, 6) is 1.84. The Kier molecular flexibility index (Phi) is 6.18. The Bertz CT molecular complexity index is 660. The van der Waals surface area contributed by atoms with Gasteiger partial charge in [-0.1, -0.05) is 30.3 Å². The minimum absolute atomic E-state index is 0.223. The van der Waals surface area contributed by atoms with Crippen molar-refractivity contribution in [2.24, 2.45) is 0 Å². The summed E-state index contributed by atoms with van der Waals surface area (Å²) in [5, 5.41) is 3.41. The highest BCUT2D eigenvalue weighted by molar-refractivity contribution is 5.56. The van der Waals surface area contributed by atoms with Crippen molar-refractivity contribution in [3.63, 3.8) is 0 Å². The molecule has 1 heterocycles. The van der Waals surface area contributed by atoms with Crippen LogP contribution in [0.4, 0.5) is 5.69 Å². The minimum atomic E-state index is 0.223. The molecule has 4 nitrogen and oxygen atoms in total. The van der Waals surface area contributed by atoms with Crippen LogP contribution in [0.5, 0.6) is 11.5 Å². The maximum absolute atomic E-state index is 5.95. The molecule has 3 rings (SSSR count). The van der Waals surface area contributed by atoms with Gasteiger partial charge in [0.05, 0.1) is 11.8 Å². The number of para-hydroxylation sites is 3. The number of hydrogen-bond acceptors (Lipinski definition) is 4. The van der Waals surface area contributed by atoms with E-state index in [4.69, 9.17) is 14.2 Å². The third-order valence-electron chi connectivity index (χ3n) is 4.41. The maximum Gasteiger partial charge on any atom is 0.142 e. The average Bonchev–Trinajstić information content (AvgIpc) is 3.13. The summed E-state index contributed by atoms with van der Waals surface area (Å²) in [4.78, 5) is 0. The lowest BCUT2D eigenvalue weighted by Gasteiger charge is -2.16. The fraction of sp³-hybridized carbons (Fsp3) is 0.429. The molecule has 0 radical (unpaired) electrons. The number of benzene rings is 2. The predicted molar refractivity (Wildman–Crippen MR) is 101 cm³/mol. The lowest BCUT2D eigenvalue weighted by Crippen LogP contribution is -2.17. The first-order chi connectivity index (χ1) is 12.2. The van der Waals surface area contributed by atoms with Gasteiger partial charge in [-0.05, 0) is 49.9 Å². The Morgan fingerprint density at radius 3 is 2.60 bits per heavy atom. The summed E-state index contributed by atoms with van der Waals surface area (Å²) in [5.41, 5.74) is 3.33. The van der Waals surface area contributed by atoms with E-state index >= 15 is 0 Å². The highest BCUT2D eigenvalue weighted by Gasteiger charge is 2.16. The van der Waals surface area contributed by atoms with Crippen molar-refractivity contribution in [2.45, 2.75) is 32.8 Å². The highest BCUT2D eigenvalue weighted by Crippen LogP contribution is 2.25. The Labute approximate surface area is 150 Å². The fourth-order valence-electron chi connectivity index (χ4n) is 3.06. The van der Waals surface area contributed by atoms with Gasteiger partial charge in [-0.15, -0.1) is 0 Å². The van der Waals surface area contributed by atoms with Gasteiger partial charge in [-0.2, -0.15) is 0 Å². The number of ether oxygens (including phenoxy) is 3. The molecule has 0 spiro atoms. The Balaban J connectivity index is 1.49. The zero-order valence-electron chi connectivity index (χ0n) is 15.1. The summed E-state index contributed by atoms with van der Waals surface area (Å²) in [7, 11) is 0. The zero-order valence-corrected chi connectivity index (χ0v) is 15.1. The van der Waals surface area contributed by atoms with Crippen LogP contribution >= 0.6 is 0 Å². The molecular formula is C21H27NO3. The van der Waals surface area contributed by atoms with E-state index in [2.05, 4.69) is 37.4 Å². The van der Waals surface area contributed by atoms with Crippen molar-refractivity contribution in [2.75, 3.05) is 31.7 Å².